The van der Waals surface area contributed by atoms with E-state index in [2.05, 4.69) is 10.6 Å². The number of rotatable bonds is 9. The molecular formula is C22H28Cl2N2O2. The normalized spacial score (nSPS) is 14.8. The van der Waals surface area contributed by atoms with Crippen LogP contribution in [-0.2, 0) is 13.2 Å². The van der Waals surface area contributed by atoms with Crippen molar-refractivity contribution in [3.05, 3.63) is 57.6 Å². The maximum atomic E-state index is 6.52. The van der Waals surface area contributed by atoms with E-state index in [0.717, 1.165) is 43.2 Å². The molecule has 1 heterocycles. The number of piperidine rings is 1. The highest BCUT2D eigenvalue weighted by Gasteiger charge is 2.14. The van der Waals surface area contributed by atoms with Gasteiger partial charge in [-0.2, -0.15) is 0 Å². The average Bonchev–Trinajstić information content (AvgIpc) is 2.70. The monoisotopic (exact) mass is 422 g/mol. The largest absolute Gasteiger partial charge is 0.490 e. The van der Waals surface area contributed by atoms with Gasteiger partial charge in [-0.1, -0.05) is 35.3 Å². The van der Waals surface area contributed by atoms with Gasteiger partial charge in [-0.05, 0) is 74.6 Å². The van der Waals surface area contributed by atoms with Crippen molar-refractivity contribution in [2.24, 2.45) is 5.92 Å². The minimum atomic E-state index is 0.407. The van der Waals surface area contributed by atoms with Gasteiger partial charge in [0.15, 0.2) is 11.5 Å². The molecule has 2 aromatic carbocycles. The van der Waals surface area contributed by atoms with Crippen LogP contribution in [0.1, 0.15) is 30.9 Å². The maximum Gasteiger partial charge on any atom is 0.163 e. The first-order chi connectivity index (χ1) is 13.7. The van der Waals surface area contributed by atoms with E-state index in [-0.39, 0.29) is 0 Å². The molecule has 0 bridgehead atoms. The van der Waals surface area contributed by atoms with Gasteiger partial charge in [0, 0.05) is 22.7 Å². The SMILES string of the molecule is CCOc1cc(CNCC2CCNCC2)c(Cl)cc1OCc1cccc(Cl)c1. The van der Waals surface area contributed by atoms with Crippen LogP contribution in [-0.4, -0.2) is 26.2 Å². The van der Waals surface area contributed by atoms with Gasteiger partial charge in [0.05, 0.1) is 6.61 Å². The van der Waals surface area contributed by atoms with Gasteiger partial charge < -0.3 is 20.1 Å². The third kappa shape index (κ3) is 6.28. The van der Waals surface area contributed by atoms with Crippen LogP contribution < -0.4 is 20.1 Å². The van der Waals surface area contributed by atoms with Gasteiger partial charge in [0.1, 0.15) is 6.61 Å². The summed E-state index contributed by atoms with van der Waals surface area (Å²) in [6, 6.07) is 11.5. The Morgan fingerprint density at radius 3 is 2.61 bits per heavy atom. The number of hydrogen-bond acceptors (Lipinski definition) is 4. The van der Waals surface area contributed by atoms with Gasteiger partial charge >= 0.3 is 0 Å². The first kappa shape index (κ1) is 21.3. The molecule has 0 aromatic heterocycles. The molecular weight excluding hydrogens is 395 g/mol. The summed E-state index contributed by atoms with van der Waals surface area (Å²) in [5.41, 5.74) is 2.02. The summed E-state index contributed by atoms with van der Waals surface area (Å²) in [4.78, 5) is 0. The second kappa shape index (κ2) is 10.9. The summed E-state index contributed by atoms with van der Waals surface area (Å²) in [7, 11) is 0. The Kier molecular flexibility index (Phi) is 8.28. The molecule has 1 fully saturated rings. The fourth-order valence-electron chi connectivity index (χ4n) is 3.38. The molecule has 2 N–H and O–H groups in total. The molecule has 1 saturated heterocycles. The van der Waals surface area contributed by atoms with Crippen molar-refractivity contribution in [1.29, 1.82) is 0 Å². The van der Waals surface area contributed by atoms with Crippen LogP contribution >= 0.6 is 23.2 Å². The van der Waals surface area contributed by atoms with E-state index in [0.29, 0.717) is 34.8 Å². The van der Waals surface area contributed by atoms with Crippen LogP contribution in [0.5, 0.6) is 11.5 Å². The Morgan fingerprint density at radius 1 is 1.07 bits per heavy atom. The first-order valence-electron chi connectivity index (χ1n) is 9.89. The van der Waals surface area contributed by atoms with Crippen molar-refractivity contribution >= 4 is 23.2 Å². The van der Waals surface area contributed by atoms with Crippen LogP contribution in [0.25, 0.3) is 0 Å². The third-order valence-electron chi connectivity index (χ3n) is 4.90. The molecule has 0 radical (unpaired) electrons. The second-order valence-corrected chi connectivity index (χ2v) is 7.91. The molecule has 6 heteroatoms. The molecule has 152 valence electrons. The quantitative estimate of drug-likeness (QED) is 0.592. The fraction of sp³-hybridized carbons (Fsp3) is 0.455. The van der Waals surface area contributed by atoms with Crippen LogP contribution in [0.3, 0.4) is 0 Å². The number of benzene rings is 2. The summed E-state index contributed by atoms with van der Waals surface area (Å²) in [5, 5.41) is 8.32. The maximum absolute atomic E-state index is 6.52. The van der Waals surface area contributed by atoms with Gasteiger partial charge in [-0.3, -0.25) is 0 Å². The summed E-state index contributed by atoms with van der Waals surface area (Å²) in [5.74, 6) is 2.09. The summed E-state index contributed by atoms with van der Waals surface area (Å²) < 4.78 is 11.8. The van der Waals surface area contributed by atoms with Crippen LogP contribution in [0.4, 0.5) is 0 Å². The highest BCUT2D eigenvalue weighted by molar-refractivity contribution is 6.31. The van der Waals surface area contributed by atoms with Gasteiger partial charge in [0.2, 0.25) is 0 Å². The molecule has 0 atom stereocenters. The van der Waals surface area contributed by atoms with Crippen LogP contribution in [0.2, 0.25) is 10.0 Å². The standard InChI is InChI=1S/C22H28Cl2N2O2/c1-2-27-21-11-18(14-26-13-16-6-8-25-9-7-16)20(24)12-22(21)28-15-17-4-3-5-19(23)10-17/h3-5,10-12,16,25-26H,2,6-9,13-15H2,1H3. The van der Waals surface area contributed by atoms with Crippen molar-refractivity contribution in [3.8, 4) is 11.5 Å². The zero-order valence-electron chi connectivity index (χ0n) is 16.3. The van der Waals surface area contributed by atoms with E-state index in [4.69, 9.17) is 32.7 Å². The molecule has 3 rings (SSSR count). The Labute approximate surface area is 177 Å². The molecule has 0 amide bonds. The van der Waals surface area contributed by atoms with Crippen molar-refractivity contribution in [2.45, 2.75) is 32.9 Å². The molecule has 0 unspecified atom stereocenters. The van der Waals surface area contributed by atoms with E-state index >= 15 is 0 Å². The predicted molar refractivity (Wildman–Crippen MR) is 116 cm³/mol. The average molecular weight is 423 g/mol. The van der Waals surface area contributed by atoms with E-state index in [1.807, 2.05) is 43.3 Å². The lowest BCUT2D eigenvalue weighted by molar-refractivity contribution is 0.269. The molecule has 28 heavy (non-hydrogen) atoms. The predicted octanol–water partition coefficient (Wildman–Crippen LogP) is 5.06. The summed E-state index contributed by atoms with van der Waals surface area (Å²) in [6.45, 7) is 6.89. The summed E-state index contributed by atoms with van der Waals surface area (Å²) in [6.07, 6.45) is 2.45. The van der Waals surface area contributed by atoms with Crippen molar-refractivity contribution in [2.75, 3.05) is 26.2 Å². The van der Waals surface area contributed by atoms with Gasteiger partial charge in [-0.15, -0.1) is 0 Å². The van der Waals surface area contributed by atoms with Crippen molar-refractivity contribution in [1.82, 2.24) is 10.6 Å². The minimum Gasteiger partial charge on any atom is -0.490 e. The van der Waals surface area contributed by atoms with Gasteiger partial charge in [-0.25, -0.2) is 0 Å². The second-order valence-electron chi connectivity index (χ2n) is 7.07. The van der Waals surface area contributed by atoms with E-state index < -0.39 is 0 Å². The lowest BCUT2D eigenvalue weighted by Crippen LogP contribution is -2.33. The highest BCUT2D eigenvalue weighted by atomic mass is 35.5. The first-order valence-corrected chi connectivity index (χ1v) is 10.6. The number of hydrogen-bond donors (Lipinski definition) is 2. The smallest absolute Gasteiger partial charge is 0.163 e. The fourth-order valence-corrected chi connectivity index (χ4v) is 3.81. The zero-order chi connectivity index (χ0) is 19.8. The minimum absolute atomic E-state index is 0.407. The highest BCUT2D eigenvalue weighted by Crippen LogP contribution is 2.34. The zero-order valence-corrected chi connectivity index (χ0v) is 17.8. The van der Waals surface area contributed by atoms with E-state index in [9.17, 15) is 0 Å². The van der Waals surface area contributed by atoms with Crippen molar-refractivity contribution in [3.63, 3.8) is 0 Å². The molecule has 0 aliphatic carbocycles. The number of ether oxygens (including phenoxy) is 2. The molecule has 1 aliphatic rings. The Hall–Kier alpha value is -1.46. The topological polar surface area (TPSA) is 42.5 Å². The molecule has 1 aliphatic heterocycles. The van der Waals surface area contributed by atoms with E-state index in [1.54, 1.807) is 0 Å². The molecule has 0 saturated carbocycles. The van der Waals surface area contributed by atoms with E-state index in [1.165, 1.54) is 12.8 Å². The molecule has 4 nitrogen and oxygen atoms in total. The lowest BCUT2D eigenvalue weighted by Gasteiger charge is -2.23. The number of nitrogens with one attached hydrogen (secondary N) is 2. The molecule has 2 aromatic rings. The Balaban J connectivity index is 1.63. The lowest BCUT2D eigenvalue weighted by atomic mass is 9.98. The van der Waals surface area contributed by atoms with Crippen LogP contribution in [0.15, 0.2) is 36.4 Å². The third-order valence-corrected chi connectivity index (χ3v) is 5.49. The van der Waals surface area contributed by atoms with Crippen LogP contribution in [0, 0.1) is 5.92 Å². The number of halogens is 2. The summed E-state index contributed by atoms with van der Waals surface area (Å²) >= 11 is 12.6. The van der Waals surface area contributed by atoms with Gasteiger partial charge in [0.25, 0.3) is 0 Å². The van der Waals surface area contributed by atoms with Crippen molar-refractivity contribution < 1.29 is 9.47 Å². The Morgan fingerprint density at radius 2 is 1.86 bits per heavy atom. The molecule has 0 spiro atoms. The Bertz CT molecular complexity index is 764.